The van der Waals surface area contributed by atoms with Crippen molar-refractivity contribution in [2.45, 2.75) is 13.1 Å². The quantitative estimate of drug-likeness (QED) is 0.785. The fourth-order valence-electron chi connectivity index (χ4n) is 2.36. The van der Waals surface area contributed by atoms with E-state index in [1.807, 2.05) is 24.2 Å². The Labute approximate surface area is 129 Å². The number of hydrogen-bond donors (Lipinski definition) is 1. The Morgan fingerprint density at radius 3 is 2.35 bits per heavy atom. The highest BCUT2D eigenvalue weighted by Gasteiger charge is 2.38. The molecule has 1 N–H and O–H groups in total. The zero-order valence-electron chi connectivity index (χ0n) is 12.1. The van der Waals surface area contributed by atoms with Crippen LogP contribution < -0.4 is 5.69 Å². The van der Waals surface area contributed by atoms with Gasteiger partial charge in [0, 0.05) is 5.56 Å². The second-order valence-corrected chi connectivity index (χ2v) is 5.07. The number of nitrogens with zero attached hydrogens (tertiary/aromatic N) is 2. The predicted octanol–water partition coefficient (Wildman–Crippen LogP) is 3.55. The van der Waals surface area contributed by atoms with Crippen LogP contribution in [0.3, 0.4) is 0 Å². The molecule has 0 saturated heterocycles. The van der Waals surface area contributed by atoms with Gasteiger partial charge in [-0.1, -0.05) is 48.0 Å². The molecule has 0 aliphatic heterocycles. The van der Waals surface area contributed by atoms with Crippen LogP contribution in [0.25, 0.3) is 16.8 Å². The van der Waals surface area contributed by atoms with E-state index in [-0.39, 0.29) is 5.69 Å². The van der Waals surface area contributed by atoms with E-state index in [1.165, 1.54) is 6.07 Å². The van der Waals surface area contributed by atoms with Crippen LogP contribution in [0, 0.1) is 6.92 Å². The molecule has 0 saturated carbocycles. The van der Waals surface area contributed by atoms with Crippen LogP contribution >= 0.6 is 0 Å². The van der Waals surface area contributed by atoms with Crippen molar-refractivity contribution < 1.29 is 13.2 Å². The average molecular weight is 319 g/mol. The number of benzene rings is 2. The third kappa shape index (κ3) is 2.77. The van der Waals surface area contributed by atoms with Crippen molar-refractivity contribution >= 4 is 0 Å². The van der Waals surface area contributed by atoms with Gasteiger partial charge in [-0.3, -0.25) is 0 Å². The van der Waals surface area contributed by atoms with Gasteiger partial charge in [0.15, 0.2) is 0 Å². The smallest absolute Gasteiger partial charge is 0.246 e. The first-order chi connectivity index (χ1) is 10.9. The van der Waals surface area contributed by atoms with Gasteiger partial charge in [0.2, 0.25) is 5.82 Å². The maximum absolute atomic E-state index is 13.1. The number of para-hydroxylation sites is 1. The molecule has 0 spiro atoms. The molecule has 3 rings (SSSR count). The summed E-state index contributed by atoms with van der Waals surface area (Å²) in [4.78, 5) is 11.9. The molecule has 0 bridgehead atoms. The first kappa shape index (κ1) is 15.1. The molecule has 118 valence electrons. The summed E-state index contributed by atoms with van der Waals surface area (Å²) >= 11 is 0. The molecule has 23 heavy (non-hydrogen) atoms. The van der Waals surface area contributed by atoms with Gasteiger partial charge in [0.25, 0.3) is 0 Å². The molecule has 2 aromatic carbocycles. The van der Waals surface area contributed by atoms with Crippen LogP contribution in [0.1, 0.15) is 11.4 Å². The Morgan fingerprint density at radius 2 is 1.70 bits per heavy atom. The summed E-state index contributed by atoms with van der Waals surface area (Å²) in [5, 5.41) is 4.98. The molecule has 4 nitrogen and oxygen atoms in total. The minimum atomic E-state index is -4.74. The van der Waals surface area contributed by atoms with Crippen molar-refractivity contribution in [2.24, 2.45) is 0 Å². The highest BCUT2D eigenvalue weighted by atomic mass is 19.4. The van der Waals surface area contributed by atoms with E-state index >= 15 is 0 Å². The summed E-state index contributed by atoms with van der Waals surface area (Å²) in [6.45, 7) is 1.91. The minimum Gasteiger partial charge on any atom is -0.246 e. The van der Waals surface area contributed by atoms with Crippen molar-refractivity contribution in [1.29, 1.82) is 0 Å². The normalized spacial score (nSPS) is 11.7. The van der Waals surface area contributed by atoms with Crippen LogP contribution in [0.2, 0.25) is 0 Å². The minimum absolute atomic E-state index is 0.127. The van der Waals surface area contributed by atoms with Crippen LogP contribution in [-0.2, 0) is 6.18 Å². The highest BCUT2D eigenvalue weighted by molar-refractivity contribution is 5.73. The fraction of sp³-hybridized carbons (Fsp3) is 0.125. The summed E-state index contributed by atoms with van der Waals surface area (Å²) in [6.07, 6.45) is -4.74. The van der Waals surface area contributed by atoms with Gasteiger partial charge >= 0.3 is 11.9 Å². The van der Waals surface area contributed by atoms with E-state index in [0.717, 1.165) is 5.56 Å². The van der Waals surface area contributed by atoms with Crippen LogP contribution in [0.4, 0.5) is 13.2 Å². The zero-order valence-corrected chi connectivity index (χ0v) is 12.1. The summed E-state index contributed by atoms with van der Waals surface area (Å²) in [6, 6.07) is 13.7. The molecule has 0 unspecified atom stereocenters. The molecular formula is C16H12F3N3O. The predicted molar refractivity (Wildman–Crippen MR) is 79.4 cm³/mol. The van der Waals surface area contributed by atoms with E-state index in [4.69, 9.17) is 0 Å². The number of aromatic nitrogens is 3. The third-order valence-corrected chi connectivity index (χ3v) is 3.43. The van der Waals surface area contributed by atoms with Crippen molar-refractivity contribution in [1.82, 2.24) is 14.8 Å². The SMILES string of the molecule is Cc1ccc(-c2ccccc2-n2c(C(F)(F)F)n[nH]c2=O)cc1. The topological polar surface area (TPSA) is 50.7 Å². The molecule has 0 aliphatic carbocycles. The number of aromatic amines is 1. The number of halogens is 3. The van der Waals surface area contributed by atoms with Gasteiger partial charge in [-0.25, -0.2) is 14.5 Å². The van der Waals surface area contributed by atoms with Gasteiger partial charge in [0.1, 0.15) is 0 Å². The van der Waals surface area contributed by atoms with Gasteiger partial charge in [-0.05, 0) is 18.6 Å². The van der Waals surface area contributed by atoms with Crippen molar-refractivity contribution in [3.8, 4) is 16.8 Å². The molecule has 0 aliphatic rings. The molecule has 3 aromatic rings. The lowest BCUT2D eigenvalue weighted by Gasteiger charge is -2.13. The maximum atomic E-state index is 13.1. The Morgan fingerprint density at radius 1 is 1.04 bits per heavy atom. The largest absolute Gasteiger partial charge is 0.452 e. The van der Waals surface area contributed by atoms with Gasteiger partial charge in [-0.15, -0.1) is 5.10 Å². The summed E-state index contributed by atoms with van der Waals surface area (Å²) in [5.74, 6) is -1.28. The number of alkyl halides is 3. The average Bonchev–Trinajstić information content (AvgIpc) is 2.90. The number of rotatable bonds is 2. The van der Waals surface area contributed by atoms with Gasteiger partial charge < -0.3 is 0 Å². The molecule has 1 heterocycles. The summed E-state index contributed by atoms with van der Waals surface area (Å²) in [5.41, 5.74) is 1.45. The van der Waals surface area contributed by atoms with Crippen LogP contribution in [0.15, 0.2) is 53.3 Å². The van der Waals surface area contributed by atoms with Crippen molar-refractivity contribution in [2.75, 3.05) is 0 Å². The lowest BCUT2D eigenvalue weighted by atomic mass is 10.0. The fourth-order valence-corrected chi connectivity index (χ4v) is 2.36. The van der Waals surface area contributed by atoms with E-state index < -0.39 is 17.7 Å². The molecule has 1 aromatic heterocycles. The Bertz CT molecular complexity index is 892. The number of H-pyrrole nitrogens is 1. The molecule has 7 heteroatoms. The molecule has 0 radical (unpaired) electrons. The summed E-state index contributed by atoms with van der Waals surface area (Å²) in [7, 11) is 0. The lowest BCUT2D eigenvalue weighted by molar-refractivity contribution is -0.146. The third-order valence-electron chi connectivity index (χ3n) is 3.43. The Kier molecular flexibility index (Phi) is 3.55. The monoisotopic (exact) mass is 319 g/mol. The number of hydrogen-bond acceptors (Lipinski definition) is 2. The second kappa shape index (κ2) is 5.42. The second-order valence-electron chi connectivity index (χ2n) is 5.07. The lowest BCUT2D eigenvalue weighted by Crippen LogP contribution is -2.22. The number of aryl methyl sites for hydroxylation is 1. The highest BCUT2D eigenvalue weighted by Crippen LogP contribution is 2.32. The standard InChI is InChI=1S/C16H12F3N3O/c1-10-6-8-11(9-7-10)12-4-2-3-5-13(12)22-14(16(17,18)19)20-21-15(22)23/h2-9H,1H3,(H,21,23). The van der Waals surface area contributed by atoms with Crippen molar-refractivity contribution in [3.63, 3.8) is 0 Å². The van der Waals surface area contributed by atoms with E-state index in [1.54, 1.807) is 30.3 Å². The first-order valence-electron chi connectivity index (χ1n) is 6.79. The summed E-state index contributed by atoms with van der Waals surface area (Å²) < 4.78 is 39.8. The molecule has 0 fully saturated rings. The van der Waals surface area contributed by atoms with E-state index in [0.29, 0.717) is 15.7 Å². The zero-order chi connectivity index (χ0) is 16.6. The number of nitrogens with one attached hydrogen (secondary N) is 1. The van der Waals surface area contributed by atoms with Gasteiger partial charge in [0.05, 0.1) is 5.69 Å². The molecule has 0 amide bonds. The Hall–Kier alpha value is -2.83. The Balaban J connectivity index is 2.26. The van der Waals surface area contributed by atoms with E-state index in [9.17, 15) is 18.0 Å². The maximum Gasteiger partial charge on any atom is 0.452 e. The first-order valence-corrected chi connectivity index (χ1v) is 6.79. The van der Waals surface area contributed by atoms with Gasteiger partial charge in [-0.2, -0.15) is 13.2 Å². The molecular weight excluding hydrogens is 307 g/mol. The van der Waals surface area contributed by atoms with Crippen LogP contribution in [0.5, 0.6) is 0 Å². The van der Waals surface area contributed by atoms with Crippen molar-refractivity contribution in [3.05, 3.63) is 70.4 Å². The molecule has 0 atom stereocenters. The van der Waals surface area contributed by atoms with E-state index in [2.05, 4.69) is 5.10 Å². The van der Waals surface area contributed by atoms with Crippen LogP contribution in [-0.4, -0.2) is 14.8 Å².